The molecule has 1 aliphatic heterocycles. The van der Waals surface area contributed by atoms with Crippen LogP contribution in [-0.2, 0) is 6.54 Å². The Morgan fingerprint density at radius 1 is 1.24 bits per heavy atom. The Kier molecular flexibility index (Phi) is 4.19. The summed E-state index contributed by atoms with van der Waals surface area (Å²) in [5.41, 5.74) is 5.72. The van der Waals surface area contributed by atoms with Gasteiger partial charge in [0.15, 0.2) is 0 Å². The van der Waals surface area contributed by atoms with E-state index in [1.807, 2.05) is 0 Å². The van der Waals surface area contributed by atoms with Crippen LogP contribution < -0.4 is 10.6 Å². The summed E-state index contributed by atoms with van der Waals surface area (Å²) in [6.07, 6.45) is 1.32. The summed E-state index contributed by atoms with van der Waals surface area (Å²) in [6.45, 7) is 11.1. The minimum absolute atomic E-state index is 0.821. The molecule has 2 heteroatoms. The molecule has 17 heavy (non-hydrogen) atoms. The molecule has 1 unspecified atom stereocenters. The summed E-state index contributed by atoms with van der Waals surface area (Å²) in [4.78, 5) is 0. The van der Waals surface area contributed by atoms with Gasteiger partial charge in [0.1, 0.15) is 0 Å². The number of rotatable bonds is 4. The molecule has 0 aliphatic carbocycles. The fourth-order valence-corrected chi connectivity index (χ4v) is 2.50. The van der Waals surface area contributed by atoms with Gasteiger partial charge in [0, 0.05) is 6.54 Å². The lowest BCUT2D eigenvalue weighted by molar-refractivity contribution is 0.512. The van der Waals surface area contributed by atoms with Gasteiger partial charge < -0.3 is 10.6 Å². The highest BCUT2D eigenvalue weighted by Crippen LogP contribution is 2.17. The summed E-state index contributed by atoms with van der Waals surface area (Å²) in [6, 6.07) is 4.49. The van der Waals surface area contributed by atoms with Gasteiger partial charge in [-0.3, -0.25) is 0 Å². The van der Waals surface area contributed by atoms with E-state index in [-0.39, 0.29) is 0 Å². The fourth-order valence-electron chi connectivity index (χ4n) is 2.50. The van der Waals surface area contributed by atoms with Crippen molar-refractivity contribution < 1.29 is 0 Å². The zero-order valence-corrected chi connectivity index (χ0v) is 11.3. The highest BCUT2D eigenvalue weighted by molar-refractivity contribution is 5.38. The third-order valence-corrected chi connectivity index (χ3v) is 4.08. The summed E-state index contributed by atoms with van der Waals surface area (Å²) in [5, 5.41) is 7.00. The molecule has 0 aromatic heterocycles. The maximum absolute atomic E-state index is 3.59. The number of aryl methyl sites for hydroxylation is 1. The minimum atomic E-state index is 0.821. The van der Waals surface area contributed by atoms with Crippen LogP contribution in [-0.4, -0.2) is 19.6 Å². The van der Waals surface area contributed by atoms with Gasteiger partial charge in [-0.05, 0) is 75.0 Å². The lowest BCUT2D eigenvalue weighted by Gasteiger charge is -2.14. The van der Waals surface area contributed by atoms with Gasteiger partial charge in [-0.2, -0.15) is 0 Å². The average Bonchev–Trinajstić information content (AvgIpc) is 2.82. The Hall–Kier alpha value is -0.860. The smallest absolute Gasteiger partial charge is 0.0208 e. The maximum Gasteiger partial charge on any atom is 0.0208 e. The maximum atomic E-state index is 3.59. The molecule has 1 atom stereocenters. The van der Waals surface area contributed by atoms with Crippen molar-refractivity contribution in [1.82, 2.24) is 10.6 Å². The van der Waals surface area contributed by atoms with Crippen molar-refractivity contribution in [2.24, 2.45) is 5.92 Å². The Bertz CT molecular complexity index is 379. The van der Waals surface area contributed by atoms with Crippen LogP contribution >= 0.6 is 0 Å². The number of benzene rings is 1. The first-order valence-electron chi connectivity index (χ1n) is 6.65. The van der Waals surface area contributed by atoms with E-state index in [2.05, 4.69) is 43.5 Å². The van der Waals surface area contributed by atoms with E-state index >= 15 is 0 Å². The first kappa shape index (κ1) is 12.6. The van der Waals surface area contributed by atoms with Crippen molar-refractivity contribution in [1.29, 1.82) is 0 Å². The molecule has 0 spiro atoms. The monoisotopic (exact) mass is 232 g/mol. The zero-order valence-electron chi connectivity index (χ0n) is 11.3. The normalized spacial score (nSPS) is 19.8. The van der Waals surface area contributed by atoms with Gasteiger partial charge in [-0.25, -0.2) is 0 Å². The van der Waals surface area contributed by atoms with Crippen molar-refractivity contribution in [2.75, 3.05) is 19.6 Å². The van der Waals surface area contributed by atoms with E-state index in [9.17, 15) is 0 Å². The van der Waals surface area contributed by atoms with E-state index in [0.717, 1.165) is 19.0 Å². The molecule has 1 aromatic rings. The molecule has 0 bridgehead atoms. The fraction of sp³-hybridized carbons (Fsp3) is 0.600. The van der Waals surface area contributed by atoms with Crippen LogP contribution in [0.25, 0.3) is 0 Å². The second-order valence-electron chi connectivity index (χ2n) is 5.28. The second kappa shape index (κ2) is 5.65. The van der Waals surface area contributed by atoms with Crippen molar-refractivity contribution >= 4 is 0 Å². The Morgan fingerprint density at radius 3 is 2.76 bits per heavy atom. The van der Waals surface area contributed by atoms with Crippen LogP contribution in [0.3, 0.4) is 0 Å². The van der Waals surface area contributed by atoms with Gasteiger partial charge in [-0.15, -0.1) is 0 Å². The quantitative estimate of drug-likeness (QED) is 0.832. The van der Waals surface area contributed by atoms with Crippen LogP contribution in [0.5, 0.6) is 0 Å². The minimum Gasteiger partial charge on any atom is -0.316 e. The van der Waals surface area contributed by atoms with Gasteiger partial charge in [-0.1, -0.05) is 12.1 Å². The topological polar surface area (TPSA) is 24.1 Å². The molecule has 2 nitrogen and oxygen atoms in total. The highest BCUT2D eigenvalue weighted by Gasteiger charge is 2.13. The Labute approximate surface area is 105 Å². The van der Waals surface area contributed by atoms with Gasteiger partial charge in [0.05, 0.1) is 0 Å². The van der Waals surface area contributed by atoms with Crippen molar-refractivity contribution in [3.05, 3.63) is 34.4 Å². The third kappa shape index (κ3) is 3.08. The van der Waals surface area contributed by atoms with Crippen molar-refractivity contribution in [2.45, 2.75) is 33.7 Å². The molecule has 0 radical (unpaired) electrons. The van der Waals surface area contributed by atoms with E-state index in [4.69, 9.17) is 0 Å². The number of nitrogens with one attached hydrogen (secondary N) is 2. The number of hydrogen-bond donors (Lipinski definition) is 2. The SMILES string of the molecule is Cc1ccc(CNCC2CCNC2)c(C)c1C. The van der Waals surface area contributed by atoms with E-state index in [1.165, 1.54) is 41.8 Å². The van der Waals surface area contributed by atoms with E-state index in [1.54, 1.807) is 0 Å². The standard InChI is InChI=1S/C15H24N2/c1-11-4-5-15(13(3)12(11)2)10-17-9-14-6-7-16-8-14/h4-5,14,16-17H,6-10H2,1-3H3. The molecular weight excluding hydrogens is 208 g/mol. The first-order valence-corrected chi connectivity index (χ1v) is 6.65. The molecule has 94 valence electrons. The molecule has 1 fully saturated rings. The van der Waals surface area contributed by atoms with Crippen LogP contribution in [0, 0.1) is 26.7 Å². The molecule has 2 N–H and O–H groups in total. The van der Waals surface area contributed by atoms with Gasteiger partial charge in [0.25, 0.3) is 0 Å². The van der Waals surface area contributed by atoms with Gasteiger partial charge >= 0.3 is 0 Å². The summed E-state index contributed by atoms with van der Waals surface area (Å²) >= 11 is 0. The molecular formula is C15H24N2. The number of hydrogen-bond acceptors (Lipinski definition) is 2. The summed E-state index contributed by atoms with van der Waals surface area (Å²) in [7, 11) is 0. The molecule has 1 aromatic carbocycles. The Morgan fingerprint density at radius 2 is 2.06 bits per heavy atom. The van der Waals surface area contributed by atoms with Crippen LogP contribution in [0.15, 0.2) is 12.1 Å². The predicted molar refractivity (Wildman–Crippen MR) is 73.3 cm³/mol. The summed E-state index contributed by atoms with van der Waals surface area (Å²) in [5.74, 6) is 0.821. The molecule has 0 amide bonds. The van der Waals surface area contributed by atoms with Crippen molar-refractivity contribution in [3.63, 3.8) is 0 Å². The average molecular weight is 232 g/mol. The molecule has 1 heterocycles. The second-order valence-corrected chi connectivity index (χ2v) is 5.28. The third-order valence-electron chi connectivity index (χ3n) is 4.08. The first-order chi connectivity index (χ1) is 8.18. The highest BCUT2D eigenvalue weighted by atomic mass is 14.9. The van der Waals surface area contributed by atoms with Crippen LogP contribution in [0.2, 0.25) is 0 Å². The predicted octanol–water partition coefficient (Wildman–Crippen LogP) is 2.31. The molecule has 0 saturated carbocycles. The van der Waals surface area contributed by atoms with Crippen molar-refractivity contribution in [3.8, 4) is 0 Å². The van der Waals surface area contributed by atoms with Gasteiger partial charge in [0.2, 0.25) is 0 Å². The lowest BCUT2D eigenvalue weighted by atomic mass is 9.99. The molecule has 1 aliphatic rings. The zero-order chi connectivity index (χ0) is 12.3. The van der Waals surface area contributed by atoms with E-state index in [0.29, 0.717) is 0 Å². The van der Waals surface area contributed by atoms with Crippen LogP contribution in [0.4, 0.5) is 0 Å². The molecule has 1 saturated heterocycles. The van der Waals surface area contributed by atoms with E-state index < -0.39 is 0 Å². The van der Waals surface area contributed by atoms with Crippen LogP contribution in [0.1, 0.15) is 28.7 Å². The summed E-state index contributed by atoms with van der Waals surface area (Å²) < 4.78 is 0. The largest absolute Gasteiger partial charge is 0.316 e. The Balaban J connectivity index is 1.88. The molecule has 2 rings (SSSR count). The lowest BCUT2D eigenvalue weighted by Crippen LogP contribution is -2.24.